The quantitative estimate of drug-likeness (QED) is 0.417. The van der Waals surface area contributed by atoms with Crippen LogP contribution in [-0.2, 0) is 20.8 Å². The van der Waals surface area contributed by atoms with Crippen LogP contribution in [0.3, 0.4) is 0 Å². The van der Waals surface area contributed by atoms with E-state index in [9.17, 15) is 18.8 Å². The number of carbonyl (C=O) groups excluding carboxylic acids is 3. The summed E-state index contributed by atoms with van der Waals surface area (Å²) in [7, 11) is 0. The van der Waals surface area contributed by atoms with Crippen LogP contribution in [0.2, 0.25) is 0 Å². The van der Waals surface area contributed by atoms with E-state index < -0.39 is 35.1 Å². The number of primary amides is 1. The van der Waals surface area contributed by atoms with Crippen LogP contribution in [0.15, 0.2) is 36.4 Å². The van der Waals surface area contributed by atoms with Crippen LogP contribution in [0, 0.1) is 17.2 Å². The predicted octanol–water partition coefficient (Wildman–Crippen LogP) is 2.05. The van der Waals surface area contributed by atoms with Crippen molar-refractivity contribution in [2.24, 2.45) is 17.1 Å². The van der Waals surface area contributed by atoms with Gasteiger partial charge in [0.25, 0.3) is 0 Å². The normalized spacial score (nSPS) is 13.6. The van der Waals surface area contributed by atoms with Gasteiger partial charge >= 0.3 is 0 Å². The highest BCUT2D eigenvalue weighted by Crippen LogP contribution is 2.23. The molecule has 2 aromatic carbocycles. The Labute approximate surface area is 168 Å². The molecular formula is C21H26FN3O4. The lowest BCUT2D eigenvalue weighted by Gasteiger charge is -2.30. The van der Waals surface area contributed by atoms with Crippen molar-refractivity contribution in [3.8, 4) is 0 Å². The Morgan fingerprint density at radius 3 is 2.34 bits per heavy atom. The van der Waals surface area contributed by atoms with Gasteiger partial charge in [0, 0.05) is 6.42 Å². The molecule has 3 amide bonds. The molecule has 0 spiro atoms. The molecule has 0 aliphatic heterocycles. The lowest BCUT2D eigenvalue weighted by molar-refractivity contribution is -0.136. The molecule has 2 aromatic rings. The zero-order valence-electron chi connectivity index (χ0n) is 16.7. The number of hydrogen-bond acceptors (Lipinski definition) is 4. The van der Waals surface area contributed by atoms with E-state index >= 15 is 0 Å². The molecule has 2 unspecified atom stereocenters. The van der Waals surface area contributed by atoms with Crippen LogP contribution in [-0.4, -0.2) is 29.0 Å². The molecule has 0 aromatic heterocycles. The number of nitrogens with two attached hydrogens (primary N) is 1. The highest BCUT2D eigenvalue weighted by Gasteiger charge is 2.33. The smallest absolute Gasteiger partial charge is 0.244 e. The second-order valence-corrected chi connectivity index (χ2v) is 8.18. The van der Waals surface area contributed by atoms with E-state index in [1.54, 1.807) is 45.0 Å². The monoisotopic (exact) mass is 403 g/mol. The van der Waals surface area contributed by atoms with E-state index in [0.29, 0.717) is 10.9 Å². The predicted molar refractivity (Wildman–Crippen MR) is 106 cm³/mol. The average Bonchev–Trinajstić information content (AvgIpc) is 2.63. The van der Waals surface area contributed by atoms with Crippen LogP contribution in [0.1, 0.15) is 32.8 Å². The SMILES string of the molecule is CC(C)(C)C(NC(=O)C(CC(=O)NO)Cc1ccc2ccc(F)cc2c1)C(N)=O. The van der Waals surface area contributed by atoms with E-state index in [1.807, 2.05) is 0 Å². The number of benzene rings is 2. The molecule has 0 heterocycles. The Morgan fingerprint density at radius 1 is 1.10 bits per heavy atom. The van der Waals surface area contributed by atoms with Gasteiger partial charge in [-0.1, -0.05) is 45.0 Å². The zero-order chi connectivity index (χ0) is 21.8. The van der Waals surface area contributed by atoms with Crippen molar-refractivity contribution < 1.29 is 24.0 Å². The van der Waals surface area contributed by atoms with Crippen LogP contribution in [0.5, 0.6) is 0 Å². The molecule has 0 bridgehead atoms. The highest BCUT2D eigenvalue weighted by atomic mass is 19.1. The molecule has 0 saturated heterocycles. The standard InChI is InChI=1S/C21H26FN3O4/c1-21(2,3)18(19(23)27)24-20(28)15(11-17(26)25-29)9-12-4-5-13-6-7-16(22)10-14(13)8-12/h4-8,10,15,18,29H,9,11H2,1-3H3,(H2,23,27)(H,24,28)(H,25,26). The van der Waals surface area contributed by atoms with Gasteiger partial charge in [-0.25, -0.2) is 9.87 Å². The second-order valence-electron chi connectivity index (χ2n) is 8.18. The number of hydrogen-bond donors (Lipinski definition) is 4. The van der Waals surface area contributed by atoms with Gasteiger partial charge in [-0.2, -0.15) is 0 Å². The zero-order valence-corrected chi connectivity index (χ0v) is 16.7. The van der Waals surface area contributed by atoms with Gasteiger partial charge in [-0.3, -0.25) is 19.6 Å². The Bertz CT molecular complexity index is 924. The fourth-order valence-corrected chi connectivity index (χ4v) is 3.18. The number of carbonyl (C=O) groups is 3. The molecule has 0 aliphatic carbocycles. The Hall–Kier alpha value is -3.00. The summed E-state index contributed by atoms with van der Waals surface area (Å²) in [5, 5.41) is 13.0. The minimum Gasteiger partial charge on any atom is -0.368 e. The maximum absolute atomic E-state index is 13.5. The minimum absolute atomic E-state index is 0.154. The van der Waals surface area contributed by atoms with Crippen molar-refractivity contribution in [1.29, 1.82) is 0 Å². The first kappa shape index (κ1) is 22.3. The Kier molecular flexibility index (Phi) is 6.92. The van der Waals surface area contributed by atoms with E-state index in [-0.39, 0.29) is 18.7 Å². The van der Waals surface area contributed by atoms with Crippen LogP contribution in [0.4, 0.5) is 4.39 Å². The summed E-state index contributed by atoms with van der Waals surface area (Å²) in [6.07, 6.45) is -0.138. The van der Waals surface area contributed by atoms with Crippen molar-refractivity contribution in [2.45, 2.75) is 39.7 Å². The summed E-state index contributed by atoms with van der Waals surface area (Å²) >= 11 is 0. The maximum atomic E-state index is 13.5. The summed E-state index contributed by atoms with van der Waals surface area (Å²) in [6.45, 7) is 5.28. The summed E-state index contributed by atoms with van der Waals surface area (Å²) in [6, 6.07) is 8.79. The largest absolute Gasteiger partial charge is 0.368 e. The Balaban J connectivity index is 2.28. The maximum Gasteiger partial charge on any atom is 0.244 e. The number of amides is 3. The van der Waals surface area contributed by atoms with Gasteiger partial charge < -0.3 is 11.1 Å². The first-order valence-corrected chi connectivity index (χ1v) is 9.22. The molecule has 0 fully saturated rings. The highest BCUT2D eigenvalue weighted by molar-refractivity contribution is 5.90. The third-order valence-corrected chi connectivity index (χ3v) is 4.71. The summed E-state index contributed by atoms with van der Waals surface area (Å²) in [5.74, 6) is -3.19. The van der Waals surface area contributed by atoms with E-state index in [0.717, 1.165) is 5.39 Å². The van der Waals surface area contributed by atoms with Gasteiger partial charge in [-0.15, -0.1) is 0 Å². The topological polar surface area (TPSA) is 122 Å². The molecule has 2 atom stereocenters. The molecule has 8 heteroatoms. The fourth-order valence-electron chi connectivity index (χ4n) is 3.18. The fraction of sp³-hybridized carbons (Fsp3) is 0.381. The molecule has 7 nitrogen and oxygen atoms in total. The number of rotatable bonds is 7. The van der Waals surface area contributed by atoms with Gasteiger partial charge in [0.1, 0.15) is 11.9 Å². The van der Waals surface area contributed by atoms with Gasteiger partial charge in [0.05, 0.1) is 5.92 Å². The number of halogens is 1. The molecule has 0 saturated carbocycles. The molecule has 2 rings (SSSR count). The van der Waals surface area contributed by atoms with Crippen LogP contribution < -0.4 is 16.5 Å². The number of hydroxylamine groups is 1. The summed E-state index contributed by atoms with van der Waals surface area (Å²) in [5.41, 5.74) is 7.03. The Morgan fingerprint density at radius 2 is 1.76 bits per heavy atom. The minimum atomic E-state index is -0.930. The second kappa shape index (κ2) is 9.00. The number of fused-ring (bicyclic) bond motifs is 1. The van der Waals surface area contributed by atoms with Crippen molar-refractivity contribution >= 4 is 28.5 Å². The van der Waals surface area contributed by atoms with Gasteiger partial charge in [-0.05, 0) is 40.3 Å². The van der Waals surface area contributed by atoms with Crippen LogP contribution in [0.25, 0.3) is 10.8 Å². The van der Waals surface area contributed by atoms with E-state index in [4.69, 9.17) is 10.9 Å². The van der Waals surface area contributed by atoms with Crippen molar-refractivity contribution in [3.63, 3.8) is 0 Å². The third-order valence-electron chi connectivity index (χ3n) is 4.71. The molecule has 156 valence electrons. The van der Waals surface area contributed by atoms with Crippen molar-refractivity contribution in [3.05, 3.63) is 47.8 Å². The lowest BCUT2D eigenvalue weighted by atomic mass is 9.85. The summed E-state index contributed by atoms with van der Waals surface area (Å²) < 4.78 is 13.5. The first-order valence-electron chi connectivity index (χ1n) is 9.22. The van der Waals surface area contributed by atoms with E-state index in [1.165, 1.54) is 17.6 Å². The van der Waals surface area contributed by atoms with E-state index in [2.05, 4.69) is 5.32 Å². The number of nitrogens with one attached hydrogen (secondary N) is 2. The third kappa shape index (κ3) is 5.99. The summed E-state index contributed by atoms with van der Waals surface area (Å²) in [4.78, 5) is 36.3. The molecule has 5 N–H and O–H groups in total. The van der Waals surface area contributed by atoms with Gasteiger partial charge in [0.2, 0.25) is 17.7 Å². The van der Waals surface area contributed by atoms with Gasteiger partial charge in [0.15, 0.2) is 0 Å². The average molecular weight is 403 g/mol. The lowest BCUT2D eigenvalue weighted by Crippen LogP contribution is -2.53. The first-order chi connectivity index (χ1) is 13.5. The van der Waals surface area contributed by atoms with Crippen molar-refractivity contribution in [1.82, 2.24) is 10.8 Å². The molecule has 29 heavy (non-hydrogen) atoms. The molecule has 0 aliphatic rings. The molecule has 0 radical (unpaired) electrons. The van der Waals surface area contributed by atoms with Crippen LogP contribution >= 0.6 is 0 Å². The molecular weight excluding hydrogens is 377 g/mol. The van der Waals surface area contributed by atoms with Crippen molar-refractivity contribution in [2.75, 3.05) is 0 Å².